The molecule has 0 saturated heterocycles. The van der Waals surface area contributed by atoms with Gasteiger partial charge < -0.3 is 9.73 Å². The van der Waals surface area contributed by atoms with Crippen LogP contribution >= 0.6 is 0 Å². The minimum atomic E-state index is -3.53. The number of furan rings is 1. The normalized spacial score (nSPS) is 17.1. The minimum Gasteiger partial charge on any atom is -0.465 e. The topological polar surface area (TPSA) is 71.3 Å². The molecule has 0 amide bonds. The van der Waals surface area contributed by atoms with Crippen LogP contribution in [0.3, 0.4) is 0 Å². The molecule has 1 atom stereocenters. The summed E-state index contributed by atoms with van der Waals surface area (Å²) in [6.45, 7) is 8.74. The van der Waals surface area contributed by atoms with Gasteiger partial charge in [-0.3, -0.25) is 0 Å². The van der Waals surface area contributed by atoms with Gasteiger partial charge in [0.1, 0.15) is 16.4 Å². The fourth-order valence-electron chi connectivity index (χ4n) is 2.74. The van der Waals surface area contributed by atoms with E-state index < -0.39 is 10.0 Å². The van der Waals surface area contributed by atoms with E-state index in [9.17, 15) is 8.42 Å². The van der Waals surface area contributed by atoms with Gasteiger partial charge in [-0.2, -0.15) is 0 Å². The number of hydrogen-bond acceptors (Lipinski definition) is 4. The van der Waals surface area contributed by atoms with Crippen molar-refractivity contribution in [1.82, 2.24) is 10.0 Å². The summed E-state index contributed by atoms with van der Waals surface area (Å²) in [7, 11) is -3.53. The summed E-state index contributed by atoms with van der Waals surface area (Å²) < 4.78 is 33.7. The van der Waals surface area contributed by atoms with Gasteiger partial charge in [-0.25, -0.2) is 13.1 Å². The Labute approximate surface area is 127 Å². The van der Waals surface area contributed by atoms with Crippen molar-refractivity contribution in [2.45, 2.75) is 64.4 Å². The Balaban J connectivity index is 2.21. The highest BCUT2D eigenvalue weighted by Crippen LogP contribution is 2.34. The van der Waals surface area contributed by atoms with E-state index in [1.165, 1.54) is 12.8 Å². The van der Waals surface area contributed by atoms with Crippen molar-refractivity contribution in [3.8, 4) is 0 Å². The van der Waals surface area contributed by atoms with Gasteiger partial charge in [0.25, 0.3) is 0 Å². The Hall–Kier alpha value is -0.850. The highest BCUT2D eigenvalue weighted by molar-refractivity contribution is 7.89. The van der Waals surface area contributed by atoms with Gasteiger partial charge in [0.2, 0.25) is 10.0 Å². The maximum absolute atomic E-state index is 12.7. The van der Waals surface area contributed by atoms with E-state index in [1.807, 2.05) is 20.8 Å². The molecule has 6 heteroatoms. The van der Waals surface area contributed by atoms with E-state index in [2.05, 4.69) is 10.0 Å². The molecule has 0 aromatic carbocycles. The first-order chi connectivity index (χ1) is 9.85. The van der Waals surface area contributed by atoms with Gasteiger partial charge in [0.15, 0.2) is 0 Å². The summed E-state index contributed by atoms with van der Waals surface area (Å²) in [5.74, 6) is 1.83. The van der Waals surface area contributed by atoms with Crippen LogP contribution in [0, 0.1) is 19.8 Å². The third-order valence-corrected chi connectivity index (χ3v) is 5.67. The monoisotopic (exact) mass is 314 g/mol. The molecule has 120 valence electrons. The predicted octanol–water partition coefficient (Wildman–Crippen LogP) is 2.47. The second-order valence-corrected chi connectivity index (χ2v) is 7.65. The van der Waals surface area contributed by atoms with Crippen molar-refractivity contribution in [3.05, 3.63) is 17.1 Å². The van der Waals surface area contributed by atoms with Crippen molar-refractivity contribution in [2.24, 2.45) is 5.92 Å². The summed E-state index contributed by atoms with van der Waals surface area (Å²) in [5.41, 5.74) is 0.737. The zero-order chi connectivity index (χ0) is 15.6. The molecule has 1 aromatic heterocycles. The van der Waals surface area contributed by atoms with Crippen LogP contribution in [0.2, 0.25) is 0 Å². The Morgan fingerprint density at radius 2 is 1.95 bits per heavy atom. The fourth-order valence-corrected chi connectivity index (χ4v) is 4.45. The molecule has 1 unspecified atom stereocenters. The molecule has 1 aliphatic carbocycles. The van der Waals surface area contributed by atoms with Crippen molar-refractivity contribution >= 4 is 10.0 Å². The zero-order valence-electron chi connectivity index (χ0n) is 13.3. The van der Waals surface area contributed by atoms with E-state index in [0.29, 0.717) is 28.9 Å². The summed E-state index contributed by atoms with van der Waals surface area (Å²) in [5, 5.41) is 3.17. The van der Waals surface area contributed by atoms with Crippen LogP contribution in [-0.4, -0.2) is 21.0 Å². The van der Waals surface area contributed by atoms with Gasteiger partial charge in [-0.05, 0) is 39.7 Å². The van der Waals surface area contributed by atoms with Crippen LogP contribution in [0.15, 0.2) is 9.31 Å². The van der Waals surface area contributed by atoms with Crippen molar-refractivity contribution < 1.29 is 12.8 Å². The molecule has 1 aromatic rings. The Morgan fingerprint density at radius 1 is 1.29 bits per heavy atom. The van der Waals surface area contributed by atoms with Gasteiger partial charge in [-0.1, -0.05) is 19.8 Å². The van der Waals surface area contributed by atoms with E-state index in [4.69, 9.17) is 4.42 Å². The molecule has 1 heterocycles. The SMILES string of the molecule is CCNCc1c(C)oc(C)c1S(=O)(=O)NC(C)CC1CC1. The van der Waals surface area contributed by atoms with Gasteiger partial charge >= 0.3 is 0 Å². The van der Waals surface area contributed by atoms with Crippen LogP contribution < -0.4 is 10.0 Å². The molecular formula is C15H26N2O3S. The predicted molar refractivity (Wildman–Crippen MR) is 82.7 cm³/mol. The second kappa shape index (κ2) is 6.50. The van der Waals surface area contributed by atoms with E-state index in [0.717, 1.165) is 18.5 Å². The largest absolute Gasteiger partial charge is 0.465 e. The first-order valence-corrected chi connectivity index (χ1v) is 9.15. The van der Waals surface area contributed by atoms with Crippen LogP contribution in [0.1, 0.15) is 50.2 Å². The first kappa shape index (κ1) is 16.5. The second-order valence-electron chi connectivity index (χ2n) is 6.00. The number of aryl methyl sites for hydroxylation is 2. The molecule has 0 radical (unpaired) electrons. The molecule has 1 fully saturated rings. The lowest BCUT2D eigenvalue weighted by Gasteiger charge is -2.14. The molecule has 1 saturated carbocycles. The third kappa shape index (κ3) is 4.08. The fraction of sp³-hybridized carbons (Fsp3) is 0.733. The van der Waals surface area contributed by atoms with Crippen LogP contribution in [0.5, 0.6) is 0 Å². The number of nitrogens with one attached hydrogen (secondary N) is 2. The average Bonchev–Trinajstić information content (AvgIpc) is 3.10. The molecular weight excluding hydrogens is 288 g/mol. The molecule has 0 aliphatic heterocycles. The van der Waals surface area contributed by atoms with E-state index in [1.54, 1.807) is 6.92 Å². The molecule has 0 spiro atoms. The van der Waals surface area contributed by atoms with Gasteiger partial charge in [0, 0.05) is 18.2 Å². The lowest BCUT2D eigenvalue weighted by atomic mass is 10.2. The molecule has 1 aliphatic rings. The standard InChI is InChI=1S/C15H26N2O3S/c1-5-16-9-14-11(3)20-12(4)15(14)21(18,19)17-10(2)8-13-6-7-13/h10,13,16-17H,5-9H2,1-4H3. The van der Waals surface area contributed by atoms with Crippen LogP contribution in [0.4, 0.5) is 0 Å². The number of hydrogen-bond donors (Lipinski definition) is 2. The molecule has 21 heavy (non-hydrogen) atoms. The van der Waals surface area contributed by atoms with Crippen LogP contribution in [0.25, 0.3) is 0 Å². The third-order valence-electron chi connectivity index (χ3n) is 3.89. The smallest absolute Gasteiger partial charge is 0.244 e. The lowest BCUT2D eigenvalue weighted by Crippen LogP contribution is -2.34. The Bertz CT molecular complexity index is 588. The molecule has 0 bridgehead atoms. The Kier molecular flexibility index (Phi) is 5.11. The lowest BCUT2D eigenvalue weighted by molar-refractivity contribution is 0.491. The molecule has 5 nitrogen and oxygen atoms in total. The van der Waals surface area contributed by atoms with Gasteiger partial charge in [-0.15, -0.1) is 0 Å². The van der Waals surface area contributed by atoms with Crippen molar-refractivity contribution in [2.75, 3.05) is 6.54 Å². The Morgan fingerprint density at radius 3 is 2.52 bits per heavy atom. The highest BCUT2D eigenvalue weighted by Gasteiger charge is 2.30. The van der Waals surface area contributed by atoms with Crippen molar-refractivity contribution in [1.29, 1.82) is 0 Å². The molecule has 2 rings (SSSR count). The summed E-state index contributed by atoms with van der Waals surface area (Å²) in [6.07, 6.45) is 3.36. The number of sulfonamides is 1. The quantitative estimate of drug-likeness (QED) is 0.773. The zero-order valence-corrected chi connectivity index (χ0v) is 14.1. The van der Waals surface area contributed by atoms with Gasteiger partial charge in [0.05, 0.1) is 0 Å². The maximum atomic E-state index is 12.7. The highest BCUT2D eigenvalue weighted by atomic mass is 32.2. The summed E-state index contributed by atoms with van der Waals surface area (Å²) in [4.78, 5) is 0.309. The molecule has 2 N–H and O–H groups in total. The first-order valence-electron chi connectivity index (χ1n) is 7.67. The minimum absolute atomic E-state index is 0.0379. The number of rotatable bonds is 8. The summed E-state index contributed by atoms with van der Waals surface area (Å²) in [6, 6.07) is -0.0379. The average molecular weight is 314 g/mol. The van der Waals surface area contributed by atoms with Crippen molar-refractivity contribution in [3.63, 3.8) is 0 Å². The summed E-state index contributed by atoms with van der Waals surface area (Å²) >= 11 is 0. The van der Waals surface area contributed by atoms with Crippen LogP contribution in [-0.2, 0) is 16.6 Å². The maximum Gasteiger partial charge on any atom is 0.244 e. The van der Waals surface area contributed by atoms with E-state index >= 15 is 0 Å². The van der Waals surface area contributed by atoms with E-state index in [-0.39, 0.29) is 6.04 Å².